The van der Waals surface area contributed by atoms with Gasteiger partial charge in [0.15, 0.2) is 0 Å². The van der Waals surface area contributed by atoms with Gasteiger partial charge < -0.3 is 9.38 Å². The number of hydrogen-bond acceptors (Lipinski definition) is 1. The molecule has 3 rings (SSSR count). The SMILES string of the molecule is CCC[C@@H](CN(c1ccccc1)C1Cc2ccccc2C1)[N+](C)(C)C. The van der Waals surface area contributed by atoms with Crippen LogP contribution < -0.4 is 4.90 Å². The van der Waals surface area contributed by atoms with Gasteiger partial charge in [-0.05, 0) is 36.1 Å². The Morgan fingerprint density at radius 2 is 1.48 bits per heavy atom. The van der Waals surface area contributed by atoms with Gasteiger partial charge in [0.1, 0.15) is 6.04 Å². The molecule has 0 amide bonds. The van der Waals surface area contributed by atoms with Crippen molar-refractivity contribution >= 4 is 5.69 Å². The predicted molar refractivity (Wildman–Crippen MR) is 108 cm³/mol. The van der Waals surface area contributed by atoms with Gasteiger partial charge >= 0.3 is 0 Å². The van der Waals surface area contributed by atoms with E-state index in [0.717, 1.165) is 11.0 Å². The first-order chi connectivity index (χ1) is 12.0. The lowest BCUT2D eigenvalue weighted by Crippen LogP contribution is -2.53. The lowest BCUT2D eigenvalue weighted by atomic mass is 10.0. The van der Waals surface area contributed by atoms with Crippen molar-refractivity contribution in [1.29, 1.82) is 0 Å². The van der Waals surface area contributed by atoms with E-state index in [2.05, 4.69) is 87.6 Å². The third kappa shape index (κ3) is 4.24. The molecule has 134 valence electrons. The van der Waals surface area contributed by atoms with Crippen LogP contribution in [0.3, 0.4) is 0 Å². The van der Waals surface area contributed by atoms with Crippen LogP contribution in [0.25, 0.3) is 0 Å². The second kappa shape index (κ2) is 7.61. The highest BCUT2D eigenvalue weighted by Crippen LogP contribution is 2.30. The zero-order chi connectivity index (χ0) is 17.9. The first kappa shape index (κ1) is 18.0. The normalized spacial score (nSPS) is 15.8. The molecule has 0 bridgehead atoms. The van der Waals surface area contributed by atoms with Crippen LogP contribution in [0.15, 0.2) is 54.6 Å². The summed E-state index contributed by atoms with van der Waals surface area (Å²) in [5.74, 6) is 0. The summed E-state index contributed by atoms with van der Waals surface area (Å²) in [7, 11) is 7.02. The van der Waals surface area contributed by atoms with E-state index in [9.17, 15) is 0 Å². The minimum atomic E-state index is 0.575. The van der Waals surface area contributed by atoms with Gasteiger partial charge in [-0.25, -0.2) is 0 Å². The van der Waals surface area contributed by atoms with Crippen LogP contribution in [0.1, 0.15) is 30.9 Å². The first-order valence-corrected chi connectivity index (χ1v) is 9.68. The molecule has 0 spiro atoms. The van der Waals surface area contributed by atoms with Crippen molar-refractivity contribution in [2.75, 3.05) is 32.6 Å². The average molecular weight is 338 g/mol. The monoisotopic (exact) mass is 337 g/mol. The van der Waals surface area contributed by atoms with Gasteiger partial charge in [0.2, 0.25) is 0 Å². The Bertz CT molecular complexity index is 647. The Morgan fingerprint density at radius 3 is 2.00 bits per heavy atom. The van der Waals surface area contributed by atoms with Gasteiger partial charge in [-0.3, -0.25) is 0 Å². The molecule has 0 aliphatic heterocycles. The molecule has 0 radical (unpaired) electrons. The first-order valence-electron chi connectivity index (χ1n) is 9.68. The van der Waals surface area contributed by atoms with Crippen molar-refractivity contribution in [2.24, 2.45) is 0 Å². The minimum absolute atomic E-state index is 0.575. The molecule has 0 saturated carbocycles. The molecule has 0 aromatic heterocycles. The largest absolute Gasteiger partial charge is 0.362 e. The molecule has 25 heavy (non-hydrogen) atoms. The maximum absolute atomic E-state index is 2.68. The van der Waals surface area contributed by atoms with Crippen LogP contribution in [0.4, 0.5) is 5.69 Å². The predicted octanol–water partition coefficient (Wildman–Crippen LogP) is 4.54. The number of quaternary nitrogens is 1. The van der Waals surface area contributed by atoms with E-state index in [0.29, 0.717) is 12.1 Å². The van der Waals surface area contributed by atoms with Gasteiger partial charge in [-0.2, -0.15) is 0 Å². The van der Waals surface area contributed by atoms with E-state index in [1.807, 2.05) is 0 Å². The zero-order valence-electron chi connectivity index (χ0n) is 16.3. The third-order valence-corrected chi connectivity index (χ3v) is 5.68. The molecule has 0 saturated heterocycles. The molecule has 2 nitrogen and oxygen atoms in total. The number of para-hydroxylation sites is 1. The van der Waals surface area contributed by atoms with Gasteiger partial charge in [0.25, 0.3) is 0 Å². The molecule has 2 aromatic rings. The lowest BCUT2D eigenvalue weighted by molar-refractivity contribution is -0.894. The van der Waals surface area contributed by atoms with Crippen LogP contribution in [-0.4, -0.2) is 44.3 Å². The molecule has 2 aromatic carbocycles. The topological polar surface area (TPSA) is 3.24 Å². The molecule has 0 unspecified atom stereocenters. The van der Waals surface area contributed by atoms with E-state index >= 15 is 0 Å². The number of fused-ring (bicyclic) bond motifs is 1. The quantitative estimate of drug-likeness (QED) is 0.671. The summed E-state index contributed by atoms with van der Waals surface area (Å²) in [5.41, 5.74) is 4.44. The minimum Gasteiger partial charge on any atom is -0.362 e. The van der Waals surface area contributed by atoms with Crippen molar-refractivity contribution in [1.82, 2.24) is 0 Å². The summed E-state index contributed by atoms with van der Waals surface area (Å²) in [6.07, 6.45) is 4.85. The number of nitrogens with zero attached hydrogens (tertiary/aromatic N) is 2. The van der Waals surface area contributed by atoms with Crippen molar-refractivity contribution in [3.05, 3.63) is 65.7 Å². The van der Waals surface area contributed by atoms with Gasteiger partial charge in [-0.1, -0.05) is 55.8 Å². The fourth-order valence-corrected chi connectivity index (χ4v) is 4.12. The van der Waals surface area contributed by atoms with Crippen molar-refractivity contribution in [3.8, 4) is 0 Å². The van der Waals surface area contributed by atoms with E-state index in [-0.39, 0.29) is 0 Å². The second-order valence-electron chi connectivity index (χ2n) is 8.38. The van der Waals surface area contributed by atoms with E-state index in [4.69, 9.17) is 0 Å². The Hall–Kier alpha value is -1.80. The van der Waals surface area contributed by atoms with Crippen LogP contribution >= 0.6 is 0 Å². The molecule has 1 atom stereocenters. The lowest BCUT2D eigenvalue weighted by Gasteiger charge is -2.40. The fraction of sp³-hybridized carbons (Fsp3) is 0.478. The summed E-state index contributed by atoms with van der Waals surface area (Å²) in [4.78, 5) is 2.68. The Kier molecular flexibility index (Phi) is 5.48. The van der Waals surface area contributed by atoms with Gasteiger partial charge in [0.05, 0.1) is 27.7 Å². The number of hydrogen-bond donors (Lipinski definition) is 0. The van der Waals surface area contributed by atoms with Gasteiger partial charge in [0, 0.05) is 18.2 Å². The zero-order valence-corrected chi connectivity index (χ0v) is 16.3. The van der Waals surface area contributed by atoms with E-state index in [1.165, 1.54) is 42.5 Å². The van der Waals surface area contributed by atoms with Crippen LogP contribution in [0.2, 0.25) is 0 Å². The highest BCUT2D eigenvalue weighted by atomic mass is 15.3. The number of anilines is 1. The highest BCUT2D eigenvalue weighted by molar-refractivity contribution is 5.50. The standard InChI is InChI=1S/C23H33N2/c1-5-11-23(25(2,3)4)18-24(21-14-7-6-8-15-21)22-16-19-12-9-10-13-20(19)17-22/h6-10,12-15,22-23H,5,11,16-18H2,1-4H3/q+1/t23-/m0/s1. The molecule has 0 heterocycles. The highest BCUT2D eigenvalue weighted by Gasteiger charge is 2.32. The Morgan fingerprint density at radius 1 is 0.920 bits per heavy atom. The van der Waals surface area contributed by atoms with E-state index < -0.39 is 0 Å². The fourth-order valence-electron chi connectivity index (χ4n) is 4.12. The number of benzene rings is 2. The van der Waals surface area contributed by atoms with Crippen molar-refractivity contribution in [2.45, 2.75) is 44.7 Å². The second-order valence-corrected chi connectivity index (χ2v) is 8.38. The average Bonchev–Trinajstić information content (AvgIpc) is 3.02. The molecule has 0 N–H and O–H groups in total. The van der Waals surface area contributed by atoms with Crippen molar-refractivity contribution < 1.29 is 4.48 Å². The molecule has 0 fully saturated rings. The number of likely N-dealkylation sites (N-methyl/N-ethyl adjacent to an activating group) is 1. The smallest absolute Gasteiger partial charge is 0.106 e. The van der Waals surface area contributed by atoms with Crippen molar-refractivity contribution in [3.63, 3.8) is 0 Å². The number of rotatable bonds is 7. The van der Waals surface area contributed by atoms with Crippen LogP contribution in [-0.2, 0) is 12.8 Å². The van der Waals surface area contributed by atoms with E-state index in [1.54, 1.807) is 0 Å². The summed E-state index contributed by atoms with van der Waals surface area (Å²) in [5, 5.41) is 0. The molecular weight excluding hydrogens is 304 g/mol. The Balaban J connectivity index is 1.87. The molecule has 2 heteroatoms. The summed E-state index contributed by atoms with van der Waals surface area (Å²) in [6, 6.07) is 21.2. The van der Waals surface area contributed by atoms with Crippen LogP contribution in [0.5, 0.6) is 0 Å². The maximum Gasteiger partial charge on any atom is 0.106 e. The summed E-state index contributed by atoms with van der Waals surface area (Å²) >= 11 is 0. The summed E-state index contributed by atoms with van der Waals surface area (Å²) in [6.45, 7) is 3.43. The van der Waals surface area contributed by atoms with Crippen LogP contribution in [0, 0.1) is 0 Å². The third-order valence-electron chi connectivity index (χ3n) is 5.68. The Labute approximate surface area is 153 Å². The molecule has 1 aliphatic carbocycles. The van der Waals surface area contributed by atoms with Gasteiger partial charge in [-0.15, -0.1) is 0 Å². The molecular formula is C23H33N2+. The molecule has 1 aliphatic rings. The maximum atomic E-state index is 2.68. The summed E-state index contributed by atoms with van der Waals surface area (Å²) < 4.78 is 1.02.